The lowest BCUT2D eigenvalue weighted by Crippen LogP contribution is -2.36. The Kier molecular flexibility index (Phi) is 12.4. The van der Waals surface area contributed by atoms with Crippen LogP contribution in [-0.4, -0.2) is 59.9 Å². The number of thiol groups is 1. The maximum Gasteiger partial charge on any atom is 0.331 e. The van der Waals surface area contributed by atoms with Gasteiger partial charge in [-0.05, 0) is 24.1 Å². The lowest BCUT2D eigenvalue weighted by atomic mass is 10.1. The van der Waals surface area contributed by atoms with Crippen LogP contribution in [0.15, 0.2) is 24.3 Å². The molecular weight excluding hydrogens is 392 g/mol. The van der Waals surface area contributed by atoms with E-state index in [0.717, 1.165) is 5.56 Å². The highest BCUT2D eigenvalue weighted by Crippen LogP contribution is 2.13. The highest BCUT2D eigenvalue weighted by molar-refractivity contribution is 7.80. The number of rotatable bonds is 8. The Hall–Kier alpha value is -2.51. The van der Waals surface area contributed by atoms with E-state index in [1.54, 1.807) is 24.3 Å². The van der Waals surface area contributed by atoms with E-state index in [1.165, 1.54) is 0 Å². The van der Waals surface area contributed by atoms with Crippen LogP contribution >= 0.6 is 12.6 Å². The second-order valence-corrected chi connectivity index (χ2v) is 5.62. The number of hydrogen-bond donors (Lipinski definition) is 6. The standard InChI is InChI=1S/C11H14N2O4.C5H10N2O3S/c12-6-10(14)17-8-3-1-7(2-4-8)5-9(13)11(15)16;6-1-4(8)10-5(9)3(7)2-11/h1-4,9H,5-6,12-13H2,(H,15,16);3,11H,1-2,6-7H2/t9-;3-/m00/s1. The number of carbonyl (C=O) groups excluding carboxylic acids is 3. The van der Waals surface area contributed by atoms with Crippen LogP contribution in [0.5, 0.6) is 5.75 Å². The Bertz CT molecular complexity index is 669. The molecule has 156 valence electrons. The number of hydrogen-bond acceptors (Lipinski definition) is 11. The molecule has 0 bridgehead atoms. The zero-order valence-electron chi connectivity index (χ0n) is 14.9. The smallest absolute Gasteiger partial charge is 0.331 e. The summed E-state index contributed by atoms with van der Waals surface area (Å²) in [6.07, 6.45) is 0.223. The Balaban J connectivity index is 0.000000576. The summed E-state index contributed by atoms with van der Waals surface area (Å²) < 4.78 is 9.03. The fourth-order valence-electron chi connectivity index (χ4n) is 1.51. The van der Waals surface area contributed by atoms with Crippen molar-refractivity contribution in [2.45, 2.75) is 18.5 Å². The molecule has 1 aromatic rings. The molecule has 12 heteroatoms. The van der Waals surface area contributed by atoms with E-state index in [9.17, 15) is 19.2 Å². The molecule has 0 aromatic heterocycles. The summed E-state index contributed by atoms with van der Waals surface area (Å²) in [6.45, 7) is -0.517. The fraction of sp³-hybridized carbons (Fsp3) is 0.375. The van der Waals surface area contributed by atoms with E-state index < -0.39 is 36.0 Å². The molecule has 0 amide bonds. The van der Waals surface area contributed by atoms with Gasteiger partial charge in [0.2, 0.25) is 0 Å². The molecule has 0 heterocycles. The molecule has 28 heavy (non-hydrogen) atoms. The summed E-state index contributed by atoms with van der Waals surface area (Å²) in [5, 5.41) is 8.64. The minimum absolute atomic E-state index is 0.136. The van der Waals surface area contributed by atoms with Gasteiger partial charge in [-0.15, -0.1) is 0 Å². The third kappa shape index (κ3) is 10.6. The number of carboxylic acid groups (broad SMARTS) is 1. The molecule has 0 fully saturated rings. The van der Waals surface area contributed by atoms with Crippen molar-refractivity contribution in [3.05, 3.63) is 29.8 Å². The Labute approximate surface area is 166 Å². The van der Waals surface area contributed by atoms with Gasteiger partial charge >= 0.3 is 23.9 Å². The summed E-state index contributed by atoms with van der Waals surface area (Å²) >= 11 is 3.74. The molecular formula is C16H24N4O7S. The molecule has 0 aliphatic rings. The molecule has 2 atom stereocenters. The average molecular weight is 416 g/mol. The zero-order valence-corrected chi connectivity index (χ0v) is 15.8. The number of carboxylic acids is 1. The van der Waals surface area contributed by atoms with Crippen LogP contribution in [-0.2, 0) is 30.3 Å². The van der Waals surface area contributed by atoms with Crippen LogP contribution in [0.3, 0.4) is 0 Å². The molecule has 0 spiro atoms. The summed E-state index contributed by atoms with van der Waals surface area (Å²) in [7, 11) is 0. The highest BCUT2D eigenvalue weighted by atomic mass is 32.1. The molecule has 1 rings (SSSR count). The quantitative estimate of drug-likeness (QED) is 0.116. The third-order valence-corrected chi connectivity index (χ3v) is 3.37. The predicted molar refractivity (Wildman–Crippen MR) is 102 cm³/mol. The van der Waals surface area contributed by atoms with Gasteiger partial charge in [-0.3, -0.25) is 14.4 Å². The highest BCUT2D eigenvalue weighted by Gasteiger charge is 2.16. The van der Waals surface area contributed by atoms with Gasteiger partial charge in [0.25, 0.3) is 0 Å². The molecule has 0 saturated heterocycles. The van der Waals surface area contributed by atoms with E-state index in [1.807, 2.05) is 0 Å². The molecule has 0 saturated carbocycles. The van der Waals surface area contributed by atoms with E-state index >= 15 is 0 Å². The largest absolute Gasteiger partial charge is 0.480 e. The second-order valence-electron chi connectivity index (χ2n) is 5.26. The first kappa shape index (κ1) is 25.5. The fourth-order valence-corrected chi connectivity index (χ4v) is 1.66. The minimum Gasteiger partial charge on any atom is -0.480 e. The van der Waals surface area contributed by atoms with Crippen LogP contribution in [0, 0.1) is 0 Å². The van der Waals surface area contributed by atoms with Crippen LogP contribution in [0.4, 0.5) is 0 Å². The van der Waals surface area contributed by atoms with Gasteiger partial charge in [-0.2, -0.15) is 12.6 Å². The molecule has 0 aliphatic carbocycles. The van der Waals surface area contributed by atoms with Gasteiger partial charge in [-0.1, -0.05) is 12.1 Å². The van der Waals surface area contributed by atoms with E-state index in [2.05, 4.69) is 17.4 Å². The molecule has 0 unspecified atom stereocenters. The SMILES string of the molecule is NCC(=O)OC(=O)[C@@H](N)CS.NCC(=O)Oc1ccc(C[C@H](N)C(=O)O)cc1. The Morgan fingerprint density at radius 3 is 1.93 bits per heavy atom. The van der Waals surface area contributed by atoms with Gasteiger partial charge < -0.3 is 37.5 Å². The second kappa shape index (κ2) is 13.6. The van der Waals surface area contributed by atoms with Crippen molar-refractivity contribution in [1.29, 1.82) is 0 Å². The molecule has 11 nitrogen and oxygen atoms in total. The average Bonchev–Trinajstić information content (AvgIpc) is 2.68. The van der Waals surface area contributed by atoms with Gasteiger partial charge in [0, 0.05) is 5.75 Å². The van der Waals surface area contributed by atoms with Gasteiger partial charge in [-0.25, -0.2) is 4.79 Å². The number of nitrogens with two attached hydrogens (primary N) is 4. The van der Waals surface area contributed by atoms with Crippen LogP contribution in [0.25, 0.3) is 0 Å². The molecule has 9 N–H and O–H groups in total. The monoisotopic (exact) mass is 416 g/mol. The van der Waals surface area contributed by atoms with Crippen molar-refractivity contribution in [2.75, 3.05) is 18.8 Å². The van der Waals surface area contributed by atoms with E-state index in [0.29, 0.717) is 5.75 Å². The number of aliphatic carboxylic acids is 1. The number of esters is 3. The first-order chi connectivity index (χ1) is 13.1. The third-order valence-electron chi connectivity index (χ3n) is 2.98. The Morgan fingerprint density at radius 1 is 0.964 bits per heavy atom. The van der Waals surface area contributed by atoms with Crippen molar-refractivity contribution in [2.24, 2.45) is 22.9 Å². The summed E-state index contributed by atoms with van der Waals surface area (Å²) in [5.74, 6) is -2.66. The lowest BCUT2D eigenvalue weighted by Gasteiger charge is -2.07. The van der Waals surface area contributed by atoms with Crippen molar-refractivity contribution in [3.8, 4) is 5.75 Å². The Morgan fingerprint density at radius 2 is 1.50 bits per heavy atom. The summed E-state index contributed by atoms with van der Waals surface area (Å²) in [4.78, 5) is 42.5. The van der Waals surface area contributed by atoms with Crippen molar-refractivity contribution in [1.82, 2.24) is 0 Å². The minimum atomic E-state index is -1.05. The van der Waals surface area contributed by atoms with Crippen molar-refractivity contribution in [3.63, 3.8) is 0 Å². The van der Waals surface area contributed by atoms with E-state index in [-0.39, 0.29) is 25.3 Å². The molecule has 0 aliphatic heterocycles. The van der Waals surface area contributed by atoms with Gasteiger partial charge in [0.1, 0.15) is 17.8 Å². The van der Waals surface area contributed by atoms with Gasteiger partial charge in [0.05, 0.1) is 13.1 Å². The maximum absolute atomic E-state index is 10.9. The van der Waals surface area contributed by atoms with Crippen LogP contribution in [0.1, 0.15) is 5.56 Å². The number of ether oxygens (including phenoxy) is 2. The first-order valence-electron chi connectivity index (χ1n) is 7.93. The summed E-state index contributed by atoms with van der Waals surface area (Å²) in [6, 6.07) is 4.64. The number of benzene rings is 1. The predicted octanol–water partition coefficient (Wildman–Crippen LogP) is -2.22. The van der Waals surface area contributed by atoms with Gasteiger partial charge in [0.15, 0.2) is 0 Å². The number of carbonyl (C=O) groups is 4. The van der Waals surface area contributed by atoms with Crippen molar-refractivity contribution < 1.29 is 33.8 Å². The topological polar surface area (TPSA) is 211 Å². The van der Waals surface area contributed by atoms with E-state index in [4.69, 9.17) is 32.8 Å². The van der Waals surface area contributed by atoms with Crippen molar-refractivity contribution >= 4 is 36.5 Å². The first-order valence-corrected chi connectivity index (χ1v) is 8.56. The molecule has 0 radical (unpaired) electrons. The normalized spacial score (nSPS) is 12.0. The zero-order chi connectivity index (χ0) is 21.7. The molecule has 1 aromatic carbocycles. The lowest BCUT2D eigenvalue weighted by molar-refractivity contribution is -0.159. The van der Waals surface area contributed by atoms with Crippen LogP contribution in [0.2, 0.25) is 0 Å². The maximum atomic E-state index is 10.9. The summed E-state index contributed by atoms with van der Waals surface area (Å²) in [5.41, 5.74) is 21.3. The van der Waals surface area contributed by atoms with Crippen LogP contribution < -0.4 is 27.7 Å².